The van der Waals surface area contributed by atoms with E-state index in [1.807, 2.05) is 47.9 Å². The van der Waals surface area contributed by atoms with Crippen LogP contribution >= 0.6 is 0 Å². The molecule has 2 bridgehead atoms. The topological polar surface area (TPSA) is 101 Å². The maximum absolute atomic E-state index is 14.5. The number of nitrogens with zero attached hydrogens (tertiary/aromatic N) is 3. The largest absolute Gasteiger partial charge is 0.496 e. The van der Waals surface area contributed by atoms with Gasteiger partial charge in [0, 0.05) is 50.3 Å². The SMILES string of the molecule is CCc1ccc(N2C(=O)NC(=O)C(Cc3ccccc3OC)(CN3CC4C[C@H](C3)c3cccc(=O)n3C4)C2=O)cc1. The van der Waals surface area contributed by atoms with Gasteiger partial charge in [-0.25, -0.2) is 9.69 Å². The van der Waals surface area contributed by atoms with E-state index in [4.69, 9.17) is 4.74 Å². The van der Waals surface area contributed by atoms with Crippen molar-refractivity contribution in [2.45, 2.75) is 38.6 Å². The van der Waals surface area contributed by atoms with E-state index in [1.54, 1.807) is 37.4 Å². The maximum Gasteiger partial charge on any atom is 0.335 e. The second kappa shape index (κ2) is 10.6. The number of para-hydroxylation sites is 1. The number of anilines is 1. The van der Waals surface area contributed by atoms with Gasteiger partial charge in [0.2, 0.25) is 5.91 Å². The van der Waals surface area contributed by atoms with E-state index >= 15 is 0 Å². The van der Waals surface area contributed by atoms with Gasteiger partial charge in [-0.2, -0.15) is 0 Å². The van der Waals surface area contributed by atoms with Crippen LogP contribution in [0.15, 0.2) is 71.5 Å². The highest BCUT2D eigenvalue weighted by molar-refractivity contribution is 6.30. The van der Waals surface area contributed by atoms with Crippen molar-refractivity contribution in [3.8, 4) is 5.75 Å². The van der Waals surface area contributed by atoms with Crippen LogP contribution in [-0.4, -0.2) is 54.1 Å². The molecule has 3 atom stereocenters. The molecule has 9 nitrogen and oxygen atoms in total. The Morgan fingerprint density at radius 2 is 1.71 bits per heavy atom. The van der Waals surface area contributed by atoms with E-state index in [0.29, 0.717) is 36.6 Å². The predicted octanol–water partition coefficient (Wildman–Crippen LogP) is 3.35. The number of benzene rings is 2. The molecule has 9 heteroatoms. The Balaban J connectivity index is 1.39. The Labute approximate surface area is 238 Å². The van der Waals surface area contributed by atoms with E-state index in [0.717, 1.165) is 29.0 Å². The first kappa shape index (κ1) is 27.0. The number of amides is 4. The molecule has 0 spiro atoms. The Hall–Kier alpha value is -4.24. The minimum absolute atomic E-state index is 0.00312. The number of ether oxygens (including phenoxy) is 1. The summed E-state index contributed by atoms with van der Waals surface area (Å²) >= 11 is 0. The van der Waals surface area contributed by atoms with Gasteiger partial charge in [0.25, 0.3) is 11.5 Å². The van der Waals surface area contributed by atoms with E-state index in [1.165, 1.54) is 0 Å². The van der Waals surface area contributed by atoms with Crippen LogP contribution in [0.1, 0.15) is 36.1 Å². The molecule has 2 unspecified atom stereocenters. The molecule has 2 saturated heterocycles. The molecule has 4 heterocycles. The lowest BCUT2D eigenvalue weighted by Gasteiger charge is -2.47. The van der Waals surface area contributed by atoms with E-state index in [2.05, 4.69) is 10.2 Å². The zero-order valence-corrected chi connectivity index (χ0v) is 23.3. The number of aromatic nitrogens is 1. The Kier molecular flexibility index (Phi) is 6.99. The normalized spacial score (nSPS) is 24.1. The molecule has 3 aliphatic rings. The van der Waals surface area contributed by atoms with Crippen molar-refractivity contribution in [3.05, 3.63) is 93.9 Å². The number of barbiturate groups is 1. The Morgan fingerprint density at radius 3 is 2.46 bits per heavy atom. The lowest BCUT2D eigenvalue weighted by molar-refractivity contribution is -0.144. The molecule has 0 saturated carbocycles. The predicted molar refractivity (Wildman–Crippen MR) is 154 cm³/mol. The van der Waals surface area contributed by atoms with Crippen molar-refractivity contribution in [1.29, 1.82) is 0 Å². The number of hydrogen-bond acceptors (Lipinski definition) is 6. The first-order valence-electron chi connectivity index (χ1n) is 14.2. The molecule has 1 N–H and O–H groups in total. The van der Waals surface area contributed by atoms with Crippen molar-refractivity contribution in [2.24, 2.45) is 11.3 Å². The summed E-state index contributed by atoms with van der Waals surface area (Å²) in [6, 6.07) is 19.3. The fraction of sp³-hybridized carbons (Fsp3) is 0.375. The summed E-state index contributed by atoms with van der Waals surface area (Å²) in [6.45, 7) is 4.03. The third-order valence-corrected chi connectivity index (χ3v) is 8.81. The van der Waals surface area contributed by atoms with Crippen molar-refractivity contribution in [1.82, 2.24) is 14.8 Å². The van der Waals surface area contributed by atoms with E-state index in [-0.39, 0.29) is 30.4 Å². The number of methoxy groups -OCH3 is 1. The fourth-order valence-electron chi connectivity index (χ4n) is 6.82. The van der Waals surface area contributed by atoms with Crippen LogP contribution in [0.4, 0.5) is 10.5 Å². The second-order valence-electron chi connectivity index (χ2n) is 11.4. The highest BCUT2D eigenvalue weighted by atomic mass is 16.5. The fourth-order valence-corrected chi connectivity index (χ4v) is 6.82. The number of urea groups is 1. The molecule has 1 aromatic heterocycles. The zero-order chi connectivity index (χ0) is 28.7. The van der Waals surface area contributed by atoms with Gasteiger partial charge in [-0.1, -0.05) is 43.3 Å². The Morgan fingerprint density at radius 1 is 0.927 bits per heavy atom. The third kappa shape index (κ3) is 4.74. The minimum atomic E-state index is -1.58. The van der Waals surface area contributed by atoms with Crippen molar-refractivity contribution >= 4 is 23.5 Å². The number of carbonyl (C=O) groups excluding carboxylic acids is 3. The summed E-state index contributed by atoms with van der Waals surface area (Å²) in [5.41, 5.74) is 1.63. The second-order valence-corrected chi connectivity index (χ2v) is 11.4. The molecule has 3 aromatic rings. The number of likely N-dealkylation sites (tertiary alicyclic amines) is 1. The van der Waals surface area contributed by atoms with E-state index < -0.39 is 23.3 Å². The molecular formula is C32H34N4O5. The standard InChI is InChI=1S/C32H34N4O5/c1-3-21-11-13-25(14-12-21)36-30(39)32(29(38)33-31(36)40,16-23-7-4-5-9-27(23)41-2)20-34-17-22-15-24(19-34)26-8-6-10-28(37)35(26)18-22/h4-14,22,24H,3,15-20H2,1-2H3,(H,33,38,40)/t22?,24-,32?/m1/s1. The number of imide groups is 2. The van der Waals surface area contributed by atoms with Gasteiger partial charge in [-0.05, 0) is 54.2 Å². The minimum Gasteiger partial charge on any atom is -0.496 e. The summed E-state index contributed by atoms with van der Waals surface area (Å²) in [6.07, 6.45) is 1.84. The number of piperidine rings is 1. The number of aryl methyl sites for hydroxylation is 1. The van der Waals surface area contributed by atoms with E-state index in [9.17, 15) is 19.2 Å². The molecule has 212 valence electrons. The van der Waals surface area contributed by atoms with Crippen molar-refractivity contribution < 1.29 is 19.1 Å². The van der Waals surface area contributed by atoms with Crippen LogP contribution in [-0.2, 0) is 29.0 Å². The van der Waals surface area contributed by atoms with Crippen LogP contribution in [0.5, 0.6) is 5.75 Å². The highest BCUT2D eigenvalue weighted by Gasteiger charge is 2.56. The first-order chi connectivity index (χ1) is 19.8. The number of nitrogens with one attached hydrogen (secondary N) is 1. The molecular weight excluding hydrogens is 520 g/mol. The first-order valence-corrected chi connectivity index (χ1v) is 14.2. The number of rotatable bonds is 7. The smallest absolute Gasteiger partial charge is 0.335 e. The summed E-state index contributed by atoms with van der Waals surface area (Å²) in [4.78, 5) is 57.4. The van der Waals surface area contributed by atoms with Crippen LogP contribution in [0.2, 0.25) is 0 Å². The number of pyridine rings is 1. The van der Waals surface area contributed by atoms with Gasteiger partial charge in [0.15, 0.2) is 0 Å². The monoisotopic (exact) mass is 554 g/mol. The molecule has 4 amide bonds. The lowest BCUT2D eigenvalue weighted by Crippen LogP contribution is -2.68. The molecule has 3 aliphatic heterocycles. The quantitative estimate of drug-likeness (QED) is 0.450. The Bertz CT molecular complexity index is 1560. The maximum atomic E-state index is 14.5. The van der Waals surface area contributed by atoms with Crippen molar-refractivity contribution in [3.63, 3.8) is 0 Å². The molecule has 41 heavy (non-hydrogen) atoms. The van der Waals surface area contributed by atoms with Gasteiger partial charge in [-0.15, -0.1) is 0 Å². The number of carbonyl (C=O) groups is 3. The zero-order valence-electron chi connectivity index (χ0n) is 23.3. The highest BCUT2D eigenvalue weighted by Crippen LogP contribution is 2.40. The number of hydrogen-bond donors (Lipinski definition) is 1. The van der Waals surface area contributed by atoms with Crippen LogP contribution in [0, 0.1) is 11.3 Å². The summed E-state index contributed by atoms with van der Waals surface area (Å²) in [7, 11) is 1.56. The van der Waals surface area contributed by atoms with Crippen LogP contribution in [0.3, 0.4) is 0 Å². The van der Waals surface area contributed by atoms with Crippen LogP contribution < -0.4 is 20.5 Å². The lowest BCUT2D eigenvalue weighted by atomic mass is 9.75. The average Bonchev–Trinajstić information content (AvgIpc) is 2.97. The molecule has 0 aliphatic carbocycles. The molecule has 2 fully saturated rings. The summed E-state index contributed by atoms with van der Waals surface area (Å²) in [5, 5.41) is 2.51. The average molecular weight is 555 g/mol. The molecule has 6 rings (SSSR count). The van der Waals surface area contributed by atoms with Gasteiger partial charge >= 0.3 is 6.03 Å². The van der Waals surface area contributed by atoms with Crippen LogP contribution in [0.25, 0.3) is 0 Å². The summed E-state index contributed by atoms with van der Waals surface area (Å²) in [5.74, 6) is -0.250. The van der Waals surface area contributed by atoms with Crippen molar-refractivity contribution in [2.75, 3.05) is 31.6 Å². The molecule has 2 aromatic carbocycles. The van der Waals surface area contributed by atoms with Gasteiger partial charge in [0.1, 0.15) is 11.2 Å². The third-order valence-electron chi connectivity index (χ3n) is 8.81. The summed E-state index contributed by atoms with van der Waals surface area (Å²) < 4.78 is 7.45. The molecule has 0 radical (unpaired) electrons. The van der Waals surface area contributed by atoms with Gasteiger partial charge in [0.05, 0.1) is 12.8 Å². The number of fused-ring (bicyclic) bond motifs is 4. The van der Waals surface area contributed by atoms with Gasteiger partial charge < -0.3 is 14.2 Å². The van der Waals surface area contributed by atoms with Gasteiger partial charge in [-0.3, -0.25) is 19.7 Å².